The van der Waals surface area contributed by atoms with Crippen molar-refractivity contribution in [3.63, 3.8) is 0 Å². The first kappa shape index (κ1) is 17.0. The van der Waals surface area contributed by atoms with E-state index >= 15 is 0 Å². The summed E-state index contributed by atoms with van der Waals surface area (Å²) >= 11 is 5.80. The molecule has 0 spiro atoms. The first-order valence-electron chi connectivity index (χ1n) is 7.52. The minimum atomic E-state index is -0.0175. The van der Waals surface area contributed by atoms with Crippen LogP contribution in [0.5, 0.6) is 0 Å². The van der Waals surface area contributed by atoms with Gasteiger partial charge in [-0.25, -0.2) is 0 Å². The molecular weight excluding hydrogens is 270 g/mol. The number of amides is 1. The Bertz CT molecular complexity index is 400. The van der Waals surface area contributed by atoms with Crippen molar-refractivity contribution in [1.82, 2.24) is 5.32 Å². The molecule has 2 nitrogen and oxygen atoms in total. The van der Waals surface area contributed by atoms with E-state index in [4.69, 9.17) is 11.6 Å². The Morgan fingerprint density at radius 3 is 2.35 bits per heavy atom. The Morgan fingerprint density at radius 2 is 1.75 bits per heavy atom. The molecule has 1 aromatic carbocycles. The van der Waals surface area contributed by atoms with Crippen LogP contribution in [0.3, 0.4) is 0 Å². The minimum Gasteiger partial charge on any atom is -0.352 e. The maximum Gasteiger partial charge on any atom is 0.251 e. The highest BCUT2D eigenvalue weighted by molar-refractivity contribution is 6.30. The normalized spacial score (nSPS) is 12.4. The largest absolute Gasteiger partial charge is 0.352 e. The molecule has 0 bridgehead atoms. The highest BCUT2D eigenvalue weighted by atomic mass is 35.5. The molecule has 1 unspecified atom stereocenters. The lowest BCUT2D eigenvalue weighted by Gasteiger charge is -2.13. The number of nitrogens with one attached hydrogen (secondary N) is 1. The number of carbonyl (C=O) groups is 1. The standard InChI is InChI=1S/C17H26ClNO/c1-13(2)5-4-6-14(3)11-12-19-17(20)15-7-9-16(18)10-8-15/h7-10,13-14H,4-6,11-12H2,1-3H3,(H,19,20). The third kappa shape index (κ3) is 6.95. The van der Waals surface area contributed by atoms with Gasteiger partial charge in [0.2, 0.25) is 0 Å². The lowest BCUT2D eigenvalue weighted by molar-refractivity contribution is 0.0951. The summed E-state index contributed by atoms with van der Waals surface area (Å²) in [5, 5.41) is 3.62. The van der Waals surface area contributed by atoms with Crippen LogP contribution in [-0.4, -0.2) is 12.5 Å². The predicted molar refractivity (Wildman–Crippen MR) is 86.3 cm³/mol. The summed E-state index contributed by atoms with van der Waals surface area (Å²) in [4.78, 5) is 11.9. The topological polar surface area (TPSA) is 29.1 Å². The monoisotopic (exact) mass is 295 g/mol. The Labute approximate surface area is 127 Å². The minimum absolute atomic E-state index is 0.0175. The molecule has 0 aliphatic rings. The average Bonchev–Trinajstić information content (AvgIpc) is 2.39. The summed E-state index contributed by atoms with van der Waals surface area (Å²) in [6.45, 7) is 7.52. The van der Waals surface area contributed by atoms with Crippen LogP contribution in [0.25, 0.3) is 0 Å². The summed E-state index contributed by atoms with van der Waals surface area (Å²) in [5.74, 6) is 1.43. The molecule has 0 heterocycles. The number of carbonyl (C=O) groups excluding carboxylic acids is 1. The summed E-state index contributed by atoms with van der Waals surface area (Å²) in [5.41, 5.74) is 0.668. The molecule has 0 aliphatic carbocycles. The molecular formula is C17H26ClNO. The van der Waals surface area contributed by atoms with E-state index in [0.717, 1.165) is 18.9 Å². The fourth-order valence-corrected chi connectivity index (χ4v) is 2.28. The number of hydrogen-bond acceptors (Lipinski definition) is 1. The molecule has 112 valence electrons. The molecule has 1 rings (SSSR count). The maximum atomic E-state index is 11.9. The van der Waals surface area contributed by atoms with Crippen molar-refractivity contribution < 1.29 is 4.79 Å². The lowest BCUT2D eigenvalue weighted by atomic mass is 9.97. The van der Waals surface area contributed by atoms with Gasteiger partial charge in [0, 0.05) is 17.1 Å². The molecule has 3 heteroatoms. The molecule has 0 fully saturated rings. The molecule has 0 aliphatic heterocycles. The zero-order valence-corrected chi connectivity index (χ0v) is 13.5. The lowest BCUT2D eigenvalue weighted by Crippen LogP contribution is -2.25. The van der Waals surface area contributed by atoms with E-state index in [0.29, 0.717) is 16.5 Å². The molecule has 0 saturated carbocycles. The third-order valence-corrected chi connectivity index (χ3v) is 3.76. The van der Waals surface area contributed by atoms with Crippen LogP contribution >= 0.6 is 11.6 Å². The van der Waals surface area contributed by atoms with Gasteiger partial charge in [-0.2, -0.15) is 0 Å². The van der Waals surface area contributed by atoms with E-state index in [-0.39, 0.29) is 5.91 Å². The van der Waals surface area contributed by atoms with E-state index in [1.165, 1.54) is 19.3 Å². The maximum absolute atomic E-state index is 11.9. The van der Waals surface area contributed by atoms with Gasteiger partial charge < -0.3 is 5.32 Å². The van der Waals surface area contributed by atoms with Gasteiger partial charge in [0.1, 0.15) is 0 Å². The molecule has 20 heavy (non-hydrogen) atoms. The van der Waals surface area contributed by atoms with Gasteiger partial charge in [0.15, 0.2) is 0 Å². The summed E-state index contributed by atoms with van der Waals surface area (Å²) in [7, 11) is 0. The second-order valence-corrected chi connectivity index (χ2v) is 6.42. The smallest absolute Gasteiger partial charge is 0.251 e. The van der Waals surface area contributed by atoms with Crippen LogP contribution in [0.2, 0.25) is 5.02 Å². The van der Waals surface area contributed by atoms with Crippen LogP contribution in [0.1, 0.15) is 56.8 Å². The van der Waals surface area contributed by atoms with E-state index < -0.39 is 0 Å². The van der Waals surface area contributed by atoms with Gasteiger partial charge in [0.05, 0.1) is 0 Å². The molecule has 0 saturated heterocycles. The fourth-order valence-electron chi connectivity index (χ4n) is 2.15. The molecule has 1 aromatic rings. The van der Waals surface area contributed by atoms with Crippen molar-refractivity contribution in [2.75, 3.05) is 6.54 Å². The van der Waals surface area contributed by atoms with Gasteiger partial charge in [-0.3, -0.25) is 4.79 Å². The van der Waals surface area contributed by atoms with Gasteiger partial charge in [-0.15, -0.1) is 0 Å². The van der Waals surface area contributed by atoms with Gasteiger partial charge in [-0.1, -0.05) is 51.6 Å². The van der Waals surface area contributed by atoms with E-state index in [1.54, 1.807) is 24.3 Å². The van der Waals surface area contributed by atoms with Crippen LogP contribution < -0.4 is 5.32 Å². The number of benzene rings is 1. The Balaban J connectivity index is 2.20. The van der Waals surface area contributed by atoms with Crippen molar-refractivity contribution in [3.8, 4) is 0 Å². The van der Waals surface area contributed by atoms with Crippen LogP contribution in [0.4, 0.5) is 0 Å². The van der Waals surface area contributed by atoms with E-state index in [9.17, 15) is 4.79 Å². The molecule has 1 N–H and O–H groups in total. The second-order valence-electron chi connectivity index (χ2n) is 5.98. The van der Waals surface area contributed by atoms with Crippen LogP contribution in [0.15, 0.2) is 24.3 Å². The van der Waals surface area contributed by atoms with Crippen molar-refractivity contribution in [2.24, 2.45) is 11.8 Å². The van der Waals surface area contributed by atoms with Crippen molar-refractivity contribution in [2.45, 2.75) is 46.5 Å². The van der Waals surface area contributed by atoms with Crippen LogP contribution in [0, 0.1) is 11.8 Å². The van der Waals surface area contributed by atoms with Gasteiger partial charge in [0.25, 0.3) is 5.91 Å². The molecule has 0 radical (unpaired) electrons. The number of rotatable bonds is 8. The highest BCUT2D eigenvalue weighted by Crippen LogP contribution is 2.15. The predicted octanol–water partition coefficient (Wildman–Crippen LogP) is 4.92. The SMILES string of the molecule is CC(C)CCCC(C)CCNC(=O)c1ccc(Cl)cc1. The first-order chi connectivity index (χ1) is 9.49. The molecule has 0 aromatic heterocycles. The summed E-state index contributed by atoms with van der Waals surface area (Å²) < 4.78 is 0. The summed E-state index contributed by atoms with van der Waals surface area (Å²) in [6, 6.07) is 6.99. The zero-order valence-electron chi connectivity index (χ0n) is 12.8. The Morgan fingerprint density at radius 1 is 1.10 bits per heavy atom. The quantitative estimate of drug-likeness (QED) is 0.724. The van der Waals surface area contributed by atoms with E-state index in [1.807, 2.05) is 0 Å². The van der Waals surface area contributed by atoms with Crippen molar-refractivity contribution in [3.05, 3.63) is 34.9 Å². The van der Waals surface area contributed by atoms with Gasteiger partial charge >= 0.3 is 0 Å². The molecule has 1 amide bonds. The average molecular weight is 296 g/mol. The zero-order chi connectivity index (χ0) is 15.0. The fraction of sp³-hybridized carbons (Fsp3) is 0.588. The Hall–Kier alpha value is -1.02. The highest BCUT2D eigenvalue weighted by Gasteiger charge is 2.07. The first-order valence-corrected chi connectivity index (χ1v) is 7.90. The Kier molecular flexibility index (Phi) is 7.68. The van der Waals surface area contributed by atoms with Crippen LogP contribution in [-0.2, 0) is 0 Å². The number of hydrogen-bond donors (Lipinski definition) is 1. The summed E-state index contributed by atoms with van der Waals surface area (Å²) in [6.07, 6.45) is 4.86. The second kappa shape index (κ2) is 9.02. The van der Waals surface area contributed by atoms with Gasteiger partial charge in [-0.05, 0) is 42.5 Å². The van der Waals surface area contributed by atoms with Crippen molar-refractivity contribution in [1.29, 1.82) is 0 Å². The van der Waals surface area contributed by atoms with E-state index in [2.05, 4.69) is 26.1 Å². The number of halogens is 1. The molecule has 1 atom stereocenters. The van der Waals surface area contributed by atoms with Crippen molar-refractivity contribution >= 4 is 17.5 Å². The third-order valence-electron chi connectivity index (χ3n) is 3.51.